The minimum Gasteiger partial charge on any atom is -0.377 e. The SMILES string of the molecule is CCc1ccccc1NC(C)c1cncs1. The molecule has 0 aliphatic heterocycles. The third kappa shape index (κ3) is 2.42. The predicted molar refractivity (Wildman–Crippen MR) is 70.0 cm³/mol. The standard InChI is InChI=1S/C13H16N2S/c1-3-11-6-4-5-7-12(11)15-10(2)13-8-14-9-16-13/h4-10,15H,3H2,1-2H3. The fraction of sp³-hybridized carbons (Fsp3) is 0.308. The van der Waals surface area contributed by atoms with Gasteiger partial charge >= 0.3 is 0 Å². The highest BCUT2D eigenvalue weighted by atomic mass is 32.1. The van der Waals surface area contributed by atoms with Crippen LogP contribution in [-0.2, 0) is 6.42 Å². The van der Waals surface area contributed by atoms with Crippen molar-refractivity contribution in [1.82, 2.24) is 4.98 Å². The van der Waals surface area contributed by atoms with Gasteiger partial charge in [-0.25, -0.2) is 0 Å². The molecule has 0 aliphatic carbocycles. The smallest absolute Gasteiger partial charge is 0.0795 e. The first-order valence-corrected chi connectivity index (χ1v) is 6.42. The number of hydrogen-bond acceptors (Lipinski definition) is 3. The highest BCUT2D eigenvalue weighted by Crippen LogP contribution is 2.24. The zero-order valence-corrected chi connectivity index (χ0v) is 10.4. The summed E-state index contributed by atoms with van der Waals surface area (Å²) in [6, 6.07) is 8.78. The van der Waals surface area contributed by atoms with E-state index in [1.807, 2.05) is 11.7 Å². The summed E-state index contributed by atoms with van der Waals surface area (Å²) in [7, 11) is 0. The molecule has 1 atom stereocenters. The molecule has 0 saturated carbocycles. The van der Waals surface area contributed by atoms with E-state index in [-0.39, 0.29) is 0 Å². The zero-order valence-electron chi connectivity index (χ0n) is 9.60. The van der Waals surface area contributed by atoms with Gasteiger partial charge in [-0.1, -0.05) is 25.1 Å². The number of anilines is 1. The van der Waals surface area contributed by atoms with Gasteiger partial charge in [0.25, 0.3) is 0 Å². The summed E-state index contributed by atoms with van der Waals surface area (Å²) in [5.74, 6) is 0. The Labute approximate surface area is 100 Å². The summed E-state index contributed by atoms with van der Waals surface area (Å²) < 4.78 is 0. The third-order valence-electron chi connectivity index (χ3n) is 2.65. The zero-order chi connectivity index (χ0) is 11.4. The highest BCUT2D eigenvalue weighted by Gasteiger charge is 2.08. The van der Waals surface area contributed by atoms with Gasteiger partial charge in [0.15, 0.2) is 0 Å². The van der Waals surface area contributed by atoms with Crippen LogP contribution in [0.25, 0.3) is 0 Å². The Morgan fingerprint density at radius 3 is 2.88 bits per heavy atom. The molecule has 2 nitrogen and oxygen atoms in total. The molecular formula is C13H16N2S. The maximum Gasteiger partial charge on any atom is 0.0795 e. The molecule has 0 spiro atoms. The Morgan fingerprint density at radius 1 is 1.38 bits per heavy atom. The van der Waals surface area contributed by atoms with Crippen molar-refractivity contribution in [2.24, 2.45) is 0 Å². The normalized spacial score (nSPS) is 12.4. The molecular weight excluding hydrogens is 216 g/mol. The first-order chi connectivity index (χ1) is 7.81. The Balaban J connectivity index is 2.14. The van der Waals surface area contributed by atoms with Crippen molar-refractivity contribution in [2.75, 3.05) is 5.32 Å². The Hall–Kier alpha value is -1.35. The van der Waals surface area contributed by atoms with Crippen LogP contribution in [0.5, 0.6) is 0 Å². The molecule has 1 unspecified atom stereocenters. The summed E-state index contributed by atoms with van der Waals surface area (Å²) in [6.45, 7) is 4.35. The van der Waals surface area contributed by atoms with Gasteiger partial charge in [-0.3, -0.25) is 4.98 Å². The lowest BCUT2D eigenvalue weighted by Crippen LogP contribution is -2.06. The lowest BCUT2D eigenvalue weighted by atomic mass is 10.1. The van der Waals surface area contributed by atoms with Gasteiger partial charge in [-0.2, -0.15) is 0 Å². The minimum absolute atomic E-state index is 0.320. The number of thiazole rings is 1. The van der Waals surface area contributed by atoms with Gasteiger partial charge in [0, 0.05) is 16.8 Å². The van der Waals surface area contributed by atoms with Crippen LogP contribution in [0.1, 0.15) is 30.3 Å². The van der Waals surface area contributed by atoms with Gasteiger partial charge in [-0.05, 0) is 25.0 Å². The summed E-state index contributed by atoms with van der Waals surface area (Å²) in [5.41, 5.74) is 4.46. The van der Waals surface area contributed by atoms with Crippen LogP contribution in [0, 0.1) is 0 Å². The Morgan fingerprint density at radius 2 is 2.19 bits per heavy atom. The lowest BCUT2D eigenvalue weighted by molar-refractivity contribution is 0.897. The van der Waals surface area contributed by atoms with Crippen molar-refractivity contribution in [2.45, 2.75) is 26.3 Å². The van der Waals surface area contributed by atoms with Crippen LogP contribution in [0.15, 0.2) is 36.0 Å². The Bertz CT molecular complexity index is 437. The fourth-order valence-corrected chi connectivity index (χ4v) is 2.34. The number of benzene rings is 1. The van der Waals surface area contributed by atoms with Crippen LogP contribution in [0.4, 0.5) is 5.69 Å². The van der Waals surface area contributed by atoms with Crippen LogP contribution in [0.3, 0.4) is 0 Å². The predicted octanol–water partition coefficient (Wildman–Crippen LogP) is 3.88. The number of nitrogens with one attached hydrogen (secondary N) is 1. The van der Waals surface area contributed by atoms with E-state index in [2.05, 4.69) is 48.4 Å². The van der Waals surface area contributed by atoms with Crippen molar-refractivity contribution in [1.29, 1.82) is 0 Å². The van der Waals surface area contributed by atoms with Crippen molar-refractivity contribution < 1.29 is 0 Å². The topological polar surface area (TPSA) is 24.9 Å². The fourth-order valence-electron chi connectivity index (χ4n) is 1.71. The number of para-hydroxylation sites is 1. The van der Waals surface area contributed by atoms with Crippen molar-refractivity contribution in [3.63, 3.8) is 0 Å². The number of rotatable bonds is 4. The molecule has 3 heteroatoms. The molecule has 1 heterocycles. The van der Waals surface area contributed by atoms with Crippen LogP contribution in [0.2, 0.25) is 0 Å². The minimum atomic E-state index is 0.320. The largest absolute Gasteiger partial charge is 0.377 e. The second-order valence-electron chi connectivity index (χ2n) is 3.78. The molecule has 1 aromatic heterocycles. The molecule has 0 fully saturated rings. The van der Waals surface area contributed by atoms with E-state index in [1.54, 1.807) is 11.3 Å². The van der Waals surface area contributed by atoms with E-state index in [1.165, 1.54) is 16.1 Å². The molecule has 84 valence electrons. The van der Waals surface area contributed by atoms with Crippen LogP contribution >= 0.6 is 11.3 Å². The first-order valence-electron chi connectivity index (χ1n) is 5.54. The van der Waals surface area contributed by atoms with E-state index in [0.29, 0.717) is 6.04 Å². The Kier molecular flexibility index (Phi) is 3.57. The highest BCUT2D eigenvalue weighted by molar-refractivity contribution is 7.09. The molecule has 16 heavy (non-hydrogen) atoms. The number of hydrogen-bond donors (Lipinski definition) is 1. The molecule has 1 aromatic carbocycles. The molecule has 0 saturated heterocycles. The quantitative estimate of drug-likeness (QED) is 0.865. The van der Waals surface area contributed by atoms with E-state index in [4.69, 9.17) is 0 Å². The first kappa shape index (κ1) is 11.1. The molecule has 0 aliphatic rings. The van der Waals surface area contributed by atoms with Crippen molar-refractivity contribution in [3.05, 3.63) is 46.4 Å². The summed E-state index contributed by atoms with van der Waals surface area (Å²) in [4.78, 5) is 5.38. The van der Waals surface area contributed by atoms with E-state index in [9.17, 15) is 0 Å². The van der Waals surface area contributed by atoms with Crippen molar-refractivity contribution in [3.8, 4) is 0 Å². The van der Waals surface area contributed by atoms with Crippen LogP contribution < -0.4 is 5.32 Å². The average Bonchev–Trinajstić information content (AvgIpc) is 2.83. The molecule has 1 N–H and O–H groups in total. The number of nitrogens with zero attached hydrogens (tertiary/aromatic N) is 1. The third-order valence-corrected chi connectivity index (χ3v) is 3.61. The van der Waals surface area contributed by atoms with E-state index >= 15 is 0 Å². The molecule has 0 bridgehead atoms. The van der Waals surface area contributed by atoms with E-state index in [0.717, 1.165) is 6.42 Å². The number of aryl methyl sites for hydroxylation is 1. The summed E-state index contributed by atoms with van der Waals surface area (Å²) in [5, 5.41) is 3.53. The van der Waals surface area contributed by atoms with E-state index < -0.39 is 0 Å². The summed E-state index contributed by atoms with van der Waals surface area (Å²) in [6.07, 6.45) is 2.98. The number of aromatic nitrogens is 1. The molecule has 2 aromatic rings. The second-order valence-corrected chi connectivity index (χ2v) is 4.70. The average molecular weight is 232 g/mol. The van der Waals surface area contributed by atoms with Gasteiger partial charge in [0.1, 0.15) is 0 Å². The second kappa shape index (κ2) is 5.12. The molecule has 0 amide bonds. The van der Waals surface area contributed by atoms with Crippen molar-refractivity contribution >= 4 is 17.0 Å². The molecule has 0 radical (unpaired) electrons. The van der Waals surface area contributed by atoms with Crippen LogP contribution in [-0.4, -0.2) is 4.98 Å². The maximum absolute atomic E-state index is 4.11. The van der Waals surface area contributed by atoms with Gasteiger partial charge in [-0.15, -0.1) is 11.3 Å². The maximum atomic E-state index is 4.11. The van der Waals surface area contributed by atoms with Gasteiger partial charge in [0.05, 0.1) is 11.6 Å². The van der Waals surface area contributed by atoms with Gasteiger partial charge < -0.3 is 5.32 Å². The van der Waals surface area contributed by atoms with Gasteiger partial charge in [0.2, 0.25) is 0 Å². The molecule has 2 rings (SSSR count). The summed E-state index contributed by atoms with van der Waals surface area (Å²) >= 11 is 1.69. The monoisotopic (exact) mass is 232 g/mol. The lowest BCUT2D eigenvalue weighted by Gasteiger charge is -2.16.